The van der Waals surface area contributed by atoms with E-state index in [9.17, 15) is 0 Å². The molecule has 0 atom stereocenters. The maximum absolute atomic E-state index is 5.17. The van der Waals surface area contributed by atoms with E-state index >= 15 is 0 Å². The predicted octanol–water partition coefficient (Wildman–Crippen LogP) is 2.48. The van der Waals surface area contributed by atoms with Gasteiger partial charge in [0.15, 0.2) is 0 Å². The van der Waals surface area contributed by atoms with Crippen LogP contribution in [0.25, 0.3) is 0 Å². The van der Waals surface area contributed by atoms with Crippen LogP contribution in [0.1, 0.15) is 29.5 Å². The Bertz CT molecular complexity index is 363. The highest BCUT2D eigenvalue weighted by atomic mass is 32.2. The number of thiazole rings is 1. The van der Waals surface area contributed by atoms with Gasteiger partial charge in [-0.25, -0.2) is 4.98 Å². The van der Waals surface area contributed by atoms with E-state index in [1.54, 1.807) is 11.8 Å². The van der Waals surface area contributed by atoms with Gasteiger partial charge in [0.05, 0.1) is 16.5 Å². The van der Waals surface area contributed by atoms with Crippen LogP contribution < -0.4 is 5.32 Å². The maximum Gasteiger partial charge on any atom is 0.0959 e. The summed E-state index contributed by atoms with van der Waals surface area (Å²) in [4.78, 5) is 4.62. The van der Waals surface area contributed by atoms with Crippen LogP contribution in [0, 0.1) is 12.3 Å². The minimum atomic E-state index is 0.782. The lowest BCUT2D eigenvalue weighted by Crippen LogP contribution is -2.16. The van der Waals surface area contributed by atoms with Gasteiger partial charge in [0.25, 0.3) is 0 Å². The first-order valence-electron chi connectivity index (χ1n) is 5.56. The summed E-state index contributed by atoms with van der Waals surface area (Å²) < 4.78 is 0. The molecule has 0 aliphatic heterocycles. The van der Waals surface area contributed by atoms with E-state index in [4.69, 9.17) is 6.42 Å². The predicted molar refractivity (Wildman–Crippen MR) is 72.0 cm³/mol. The van der Waals surface area contributed by atoms with Gasteiger partial charge in [-0.05, 0) is 12.8 Å². The number of aromatic nitrogens is 1. The number of nitrogens with one attached hydrogen (secondary N) is 1. The highest BCUT2D eigenvalue weighted by Gasteiger charge is 2.26. The number of terminal acetylenes is 1. The van der Waals surface area contributed by atoms with Crippen molar-refractivity contribution < 1.29 is 0 Å². The Kier molecular flexibility index (Phi) is 4.70. The smallest absolute Gasteiger partial charge is 0.0959 e. The molecule has 1 aromatic rings. The molecule has 1 saturated carbocycles. The van der Waals surface area contributed by atoms with Crippen molar-refractivity contribution in [2.75, 3.05) is 18.1 Å². The molecule has 0 radical (unpaired) electrons. The Hall–Kier alpha value is -0.500. The molecule has 1 fully saturated rings. The summed E-state index contributed by atoms with van der Waals surface area (Å²) in [5.74, 6) is 5.29. The molecule has 0 saturated heterocycles. The molecule has 1 heterocycles. The largest absolute Gasteiger partial charge is 0.310 e. The van der Waals surface area contributed by atoms with E-state index in [0.29, 0.717) is 0 Å². The van der Waals surface area contributed by atoms with Gasteiger partial charge in [-0.15, -0.1) is 29.5 Å². The van der Waals surface area contributed by atoms with E-state index in [1.807, 2.05) is 11.3 Å². The molecule has 1 aliphatic rings. The quantitative estimate of drug-likeness (QED) is 0.596. The van der Waals surface area contributed by atoms with E-state index in [0.717, 1.165) is 30.5 Å². The Morgan fingerprint density at radius 1 is 1.62 bits per heavy atom. The molecule has 0 spiro atoms. The molecule has 1 aliphatic carbocycles. The highest BCUT2D eigenvalue weighted by Crippen LogP contribution is 2.41. The van der Waals surface area contributed by atoms with Gasteiger partial charge >= 0.3 is 0 Å². The molecule has 1 aromatic heterocycles. The van der Waals surface area contributed by atoms with Gasteiger partial charge in [-0.1, -0.05) is 5.92 Å². The van der Waals surface area contributed by atoms with Crippen LogP contribution in [-0.2, 0) is 6.54 Å². The lowest BCUT2D eigenvalue weighted by molar-refractivity contribution is 0.716. The first-order valence-corrected chi connectivity index (χ1v) is 7.60. The van der Waals surface area contributed by atoms with Crippen LogP contribution in [0.5, 0.6) is 0 Å². The standard InChI is InChI=1S/C12H16N2S2/c1-2-6-15-7-5-13-8-11-9-16-12(14-11)10-3-4-10/h1,9-10,13H,3-8H2. The van der Waals surface area contributed by atoms with Crippen LogP contribution in [0.3, 0.4) is 0 Å². The van der Waals surface area contributed by atoms with Crippen LogP contribution >= 0.6 is 23.1 Å². The Morgan fingerprint density at radius 3 is 3.25 bits per heavy atom. The molecule has 16 heavy (non-hydrogen) atoms. The molecule has 0 amide bonds. The SMILES string of the molecule is C#CCSCCNCc1csc(C2CC2)n1. The van der Waals surface area contributed by atoms with E-state index in [1.165, 1.54) is 23.5 Å². The summed E-state index contributed by atoms with van der Waals surface area (Å²) in [7, 11) is 0. The number of hydrogen-bond acceptors (Lipinski definition) is 4. The highest BCUT2D eigenvalue weighted by molar-refractivity contribution is 7.99. The third-order valence-electron chi connectivity index (χ3n) is 2.41. The Morgan fingerprint density at radius 2 is 2.50 bits per heavy atom. The monoisotopic (exact) mass is 252 g/mol. The van der Waals surface area contributed by atoms with Crippen molar-refractivity contribution in [1.82, 2.24) is 10.3 Å². The van der Waals surface area contributed by atoms with Crippen molar-refractivity contribution in [2.45, 2.75) is 25.3 Å². The molecule has 4 heteroatoms. The fourth-order valence-corrected chi connectivity index (χ4v) is 2.96. The second-order valence-electron chi connectivity index (χ2n) is 3.88. The van der Waals surface area contributed by atoms with Gasteiger partial charge in [-0.3, -0.25) is 0 Å². The molecule has 2 nitrogen and oxygen atoms in total. The number of nitrogens with zero attached hydrogens (tertiary/aromatic N) is 1. The lowest BCUT2D eigenvalue weighted by atomic mass is 10.4. The zero-order chi connectivity index (χ0) is 11.2. The second-order valence-corrected chi connectivity index (χ2v) is 5.88. The second kappa shape index (κ2) is 6.29. The van der Waals surface area contributed by atoms with Crippen molar-refractivity contribution >= 4 is 23.1 Å². The van der Waals surface area contributed by atoms with Crippen molar-refractivity contribution in [3.8, 4) is 12.3 Å². The Labute approximate surface area is 105 Å². The molecule has 86 valence electrons. The van der Waals surface area contributed by atoms with Crippen molar-refractivity contribution in [3.05, 3.63) is 16.1 Å². The summed E-state index contributed by atoms with van der Waals surface area (Å²) in [6, 6.07) is 0. The summed E-state index contributed by atoms with van der Waals surface area (Å²) in [5.41, 5.74) is 1.19. The summed E-state index contributed by atoms with van der Waals surface area (Å²) >= 11 is 3.60. The molecular weight excluding hydrogens is 236 g/mol. The number of rotatable bonds is 7. The first kappa shape index (κ1) is 12.0. The minimum Gasteiger partial charge on any atom is -0.310 e. The molecule has 1 N–H and O–H groups in total. The first-order chi connectivity index (χ1) is 7.90. The molecule has 0 bridgehead atoms. The van der Waals surface area contributed by atoms with Crippen LogP contribution in [0.2, 0.25) is 0 Å². The molecular formula is C12H16N2S2. The normalized spacial score (nSPS) is 14.9. The van der Waals surface area contributed by atoms with E-state index < -0.39 is 0 Å². The van der Waals surface area contributed by atoms with Crippen molar-refractivity contribution in [2.24, 2.45) is 0 Å². The van der Waals surface area contributed by atoms with Gasteiger partial charge < -0.3 is 5.32 Å². The van der Waals surface area contributed by atoms with E-state index in [-0.39, 0.29) is 0 Å². The minimum absolute atomic E-state index is 0.782. The summed E-state index contributed by atoms with van der Waals surface area (Å²) in [6.07, 6.45) is 7.84. The van der Waals surface area contributed by atoms with Crippen LogP contribution in [0.4, 0.5) is 0 Å². The fraction of sp³-hybridized carbons (Fsp3) is 0.583. The molecule has 0 unspecified atom stereocenters. The van der Waals surface area contributed by atoms with Crippen LogP contribution in [-0.4, -0.2) is 23.0 Å². The zero-order valence-electron chi connectivity index (χ0n) is 9.24. The van der Waals surface area contributed by atoms with Crippen molar-refractivity contribution in [1.29, 1.82) is 0 Å². The van der Waals surface area contributed by atoms with E-state index in [2.05, 4.69) is 21.6 Å². The molecule has 2 rings (SSSR count). The third kappa shape index (κ3) is 3.82. The summed E-state index contributed by atoms with van der Waals surface area (Å²) in [6.45, 7) is 1.89. The average molecular weight is 252 g/mol. The Balaban J connectivity index is 1.59. The average Bonchev–Trinajstić information content (AvgIpc) is 3.04. The molecule has 0 aromatic carbocycles. The maximum atomic E-state index is 5.17. The van der Waals surface area contributed by atoms with Crippen molar-refractivity contribution in [3.63, 3.8) is 0 Å². The van der Waals surface area contributed by atoms with Gasteiger partial charge in [-0.2, -0.15) is 0 Å². The lowest BCUT2D eigenvalue weighted by Gasteiger charge is -2.00. The number of thioether (sulfide) groups is 1. The van der Waals surface area contributed by atoms with Gasteiger partial charge in [0.2, 0.25) is 0 Å². The zero-order valence-corrected chi connectivity index (χ0v) is 10.9. The summed E-state index contributed by atoms with van der Waals surface area (Å²) in [5, 5.41) is 6.90. The topological polar surface area (TPSA) is 24.9 Å². The van der Waals surface area contributed by atoms with Crippen LogP contribution in [0.15, 0.2) is 5.38 Å². The van der Waals surface area contributed by atoms with Gasteiger partial charge in [0.1, 0.15) is 0 Å². The number of hydrogen-bond donors (Lipinski definition) is 1. The fourth-order valence-electron chi connectivity index (χ4n) is 1.41. The van der Waals surface area contributed by atoms with Gasteiger partial charge in [0, 0.05) is 30.1 Å². The third-order valence-corrected chi connectivity index (χ3v) is 4.33.